The van der Waals surface area contributed by atoms with E-state index in [0.717, 1.165) is 22.4 Å². The average Bonchev–Trinajstić information content (AvgIpc) is 2.72. The molecule has 0 aromatic heterocycles. The number of carbonyl (C=O) groups excluding carboxylic acids is 1. The lowest BCUT2D eigenvalue weighted by molar-refractivity contribution is 0.0729. The van der Waals surface area contributed by atoms with E-state index >= 15 is 0 Å². The first-order valence-electron chi connectivity index (χ1n) is 10.7. The lowest BCUT2D eigenvalue weighted by Gasteiger charge is -2.30. The van der Waals surface area contributed by atoms with Crippen LogP contribution in [0.2, 0.25) is 5.02 Å². The Bertz CT molecular complexity index is 1080. The topological polar surface area (TPSA) is 35.5 Å². The second kappa shape index (κ2) is 8.99. The molecule has 0 unspecified atom stereocenters. The molecular formula is C28H31ClO3. The Morgan fingerprint density at radius 1 is 0.812 bits per heavy atom. The van der Waals surface area contributed by atoms with E-state index in [2.05, 4.69) is 41.5 Å². The standard InChI is InChI=1S/C28H31ClO3/c1-27(2,3)21-16-19(31-7)17-22(28(4,5)6)25(21)32-26(30)20-14-11-15-23(29)24(20)18-12-9-8-10-13-18/h8-17H,1-7H3. The maximum atomic E-state index is 13.6. The summed E-state index contributed by atoms with van der Waals surface area (Å²) in [5, 5.41) is 0.507. The zero-order chi connectivity index (χ0) is 23.7. The van der Waals surface area contributed by atoms with Crippen molar-refractivity contribution in [1.29, 1.82) is 0 Å². The number of methoxy groups -OCH3 is 1. The summed E-state index contributed by atoms with van der Waals surface area (Å²) in [4.78, 5) is 13.6. The molecule has 3 aromatic carbocycles. The molecule has 0 radical (unpaired) electrons. The van der Waals surface area contributed by atoms with Crippen molar-refractivity contribution in [3.63, 3.8) is 0 Å². The number of hydrogen-bond acceptors (Lipinski definition) is 3. The molecule has 0 aliphatic carbocycles. The third-order valence-corrected chi connectivity index (χ3v) is 5.72. The molecule has 3 nitrogen and oxygen atoms in total. The fourth-order valence-corrected chi connectivity index (χ4v) is 3.97. The van der Waals surface area contributed by atoms with E-state index in [1.807, 2.05) is 42.5 Å². The average molecular weight is 451 g/mol. The van der Waals surface area contributed by atoms with Crippen LogP contribution in [0.1, 0.15) is 63.0 Å². The maximum Gasteiger partial charge on any atom is 0.344 e. The van der Waals surface area contributed by atoms with E-state index in [0.29, 0.717) is 21.9 Å². The molecule has 0 N–H and O–H groups in total. The zero-order valence-corrected chi connectivity index (χ0v) is 20.6. The molecule has 0 atom stereocenters. The van der Waals surface area contributed by atoms with Gasteiger partial charge < -0.3 is 9.47 Å². The van der Waals surface area contributed by atoms with Gasteiger partial charge in [-0.05, 0) is 40.7 Å². The number of rotatable bonds is 4. The molecule has 0 heterocycles. The number of benzene rings is 3. The van der Waals surface area contributed by atoms with Gasteiger partial charge in [0.25, 0.3) is 0 Å². The zero-order valence-electron chi connectivity index (χ0n) is 19.9. The molecule has 0 aliphatic heterocycles. The van der Waals surface area contributed by atoms with Gasteiger partial charge in [0.05, 0.1) is 12.7 Å². The minimum Gasteiger partial charge on any atom is -0.497 e. The van der Waals surface area contributed by atoms with E-state index in [-0.39, 0.29) is 10.8 Å². The highest BCUT2D eigenvalue weighted by Crippen LogP contribution is 2.43. The molecule has 0 saturated heterocycles. The van der Waals surface area contributed by atoms with Gasteiger partial charge in [0, 0.05) is 21.7 Å². The fraction of sp³-hybridized carbons (Fsp3) is 0.321. The number of hydrogen-bond donors (Lipinski definition) is 0. The molecule has 168 valence electrons. The van der Waals surface area contributed by atoms with Crippen molar-refractivity contribution < 1.29 is 14.3 Å². The van der Waals surface area contributed by atoms with Crippen molar-refractivity contribution in [3.05, 3.63) is 82.4 Å². The maximum absolute atomic E-state index is 13.6. The molecular weight excluding hydrogens is 420 g/mol. The van der Waals surface area contributed by atoms with Gasteiger partial charge in [-0.1, -0.05) is 89.5 Å². The Hall–Kier alpha value is -2.78. The van der Waals surface area contributed by atoms with Crippen molar-refractivity contribution in [3.8, 4) is 22.6 Å². The van der Waals surface area contributed by atoms with Gasteiger partial charge in [0.15, 0.2) is 0 Å². The Balaban J connectivity index is 2.19. The second-order valence-electron chi connectivity index (χ2n) is 9.97. The monoisotopic (exact) mass is 450 g/mol. The highest BCUT2D eigenvalue weighted by Gasteiger charge is 2.30. The van der Waals surface area contributed by atoms with Crippen LogP contribution in [-0.2, 0) is 10.8 Å². The number of esters is 1. The number of carbonyl (C=O) groups is 1. The first kappa shape index (κ1) is 23.9. The van der Waals surface area contributed by atoms with Gasteiger partial charge in [0.2, 0.25) is 0 Å². The van der Waals surface area contributed by atoms with Crippen LogP contribution in [0.15, 0.2) is 60.7 Å². The van der Waals surface area contributed by atoms with Gasteiger partial charge in [-0.2, -0.15) is 0 Å². The van der Waals surface area contributed by atoms with E-state index in [9.17, 15) is 4.79 Å². The summed E-state index contributed by atoms with van der Waals surface area (Å²) in [6.45, 7) is 12.6. The van der Waals surface area contributed by atoms with Crippen LogP contribution in [0.5, 0.6) is 11.5 Å². The Kier molecular flexibility index (Phi) is 6.71. The van der Waals surface area contributed by atoms with Gasteiger partial charge in [-0.15, -0.1) is 0 Å². The highest BCUT2D eigenvalue weighted by molar-refractivity contribution is 6.34. The third-order valence-electron chi connectivity index (χ3n) is 5.40. The summed E-state index contributed by atoms with van der Waals surface area (Å²) in [5.74, 6) is 0.884. The van der Waals surface area contributed by atoms with Gasteiger partial charge in [-0.3, -0.25) is 0 Å². The summed E-state index contributed by atoms with van der Waals surface area (Å²) in [7, 11) is 1.65. The van der Waals surface area contributed by atoms with Gasteiger partial charge in [0.1, 0.15) is 11.5 Å². The summed E-state index contributed by atoms with van der Waals surface area (Å²) < 4.78 is 11.7. The third kappa shape index (κ3) is 4.99. The second-order valence-corrected chi connectivity index (χ2v) is 10.4. The van der Waals surface area contributed by atoms with Crippen LogP contribution in [0, 0.1) is 0 Å². The van der Waals surface area contributed by atoms with Gasteiger partial charge in [-0.25, -0.2) is 4.79 Å². The quantitative estimate of drug-likeness (QED) is 0.300. The predicted molar refractivity (Wildman–Crippen MR) is 132 cm³/mol. The SMILES string of the molecule is COc1cc(C(C)(C)C)c(OC(=O)c2cccc(Cl)c2-c2ccccc2)c(C(C)(C)C)c1. The van der Waals surface area contributed by atoms with Crippen molar-refractivity contribution in [1.82, 2.24) is 0 Å². The summed E-state index contributed by atoms with van der Waals surface area (Å²) in [5.41, 5.74) is 3.27. The van der Waals surface area contributed by atoms with Crippen LogP contribution in [-0.4, -0.2) is 13.1 Å². The molecule has 0 spiro atoms. The molecule has 0 bridgehead atoms. The molecule has 0 fully saturated rings. The highest BCUT2D eigenvalue weighted by atomic mass is 35.5. The summed E-state index contributed by atoms with van der Waals surface area (Å²) >= 11 is 6.53. The van der Waals surface area contributed by atoms with Gasteiger partial charge >= 0.3 is 5.97 Å². The van der Waals surface area contributed by atoms with Crippen LogP contribution in [0.3, 0.4) is 0 Å². The first-order valence-corrected chi connectivity index (χ1v) is 11.1. The molecule has 3 aromatic rings. The Morgan fingerprint density at radius 2 is 1.38 bits per heavy atom. The Morgan fingerprint density at radius 3 is 1.88 bits per heavy atom. The summed E-state index contributed by atoms with van der Waals surface area (Å²) in [6.07, 6.45) is 0. The molecule has 0 saturated carbocycles. The Labute approximate surface area is 196 Å². The lowest BCUT2D eigenvalue weighted by Crippen LogP contribution is -2.22. The lowest BCUT2D eigenvalue weighted by atomic mass is 9.79. The van der Waals surface area contributed by atoms with Crippen molar-refractivity contribution in [2.75, 3.05) is 7.11 Å². The van der Waals surface area contributed by atoms with Crippen LogP contribution >= 0.6 is 11.6 Å². The molecule has 0 aliphatic rings. The number of halogens is 1. The van der Waals surface area contributed by atoms with Crippen LogP contribution < -0.4 is 9.47 Å². The summed E-state index contributed by atoms with van der Waals surface area (Å²) in [6, 6.07) is 18.9. The first-order chi connectivity index (χ1) is 14.9. The van der Waals surface area contributed by atoms with Crippen LogP contribution in [0.25, 0.3) is 11.1 Å². The van der Waals surface area contributed by atoms with E-state index < -0.39 is 5.97 Å². The van der Waals surface area contributed by atoms with Crippen molar-refractivity contribution in [2.24, 2.45) is 0 Å². The van der Waals surface area contributed by atoms with Crippen LogP contribution in [0.4, 0.5) is 0 Å². The molecule has 4 heteroatoms. The molecule has 3 rings (SSSR count). The molecule has 32 heavy (non-hydrogen) atoms. The van der Waals surface area contributed by atoms with E-state index in [1.54, 1.807) is 25.3 Å². The smallest absolute Gasteiger partial charge is 0.344 e. The predicted octanol–water partition coefficient (Wildman–Crippen LogP) is 7.83. The normalized spacial score (nSPS) is 11.9. The fourth-order valence-electron chi connectivity index (χ4n) is 3.68. The number of ether oxygens (including phenoxy) is 2. The van der Waals surface area contributed by atoms with Crippen molar-refractivity contribution in [2.45, 2.75) is 52.4 Å². The minimum absolute atomic E-state index is 0.263. The van der Waals surface area contributed by atoms with E-state index in [1.165, 1.54) is 0 Å². The van der Waals surface area contributed by atoms with Crippen molar-refractivity contribution >= 4 is 17.6 Å². The minimum atomic E-state index is -0.437. The largest absolute Gasteiger partial charge is 0.497 e. The molecule has 0 amide bonds. The van der Waals surface area contributed by atoms with E-state index in [4.69, 9.17) is 21.1 Å².